The third-order valence-corrected chi connectivity index (χ3v) is 2.55. The summed E-state index contributed by atoms with van der Waals surface area (Å²) in [4.78, 5) is 0. The molecule has 102 valence electrons. The van der Waals surface area contributed by atoms with Crippen molar-refractivity contribution in [3.8, 4) is 11.5 Å². The van der Waals surface area contributed by atoms with Crippen molar-refractivity contribution >= 4 is 0 Å². The van der Waals surface area contributed by atoms with Crippen LogP contribution in [0.4, 0.5) is 0 Å². The SMILES string of the molecule is COc1ccc(CNC(C)C)c(OCC(C)C)c1. The lowest BCUT2D eigenvalue weighted by atomic mass is 10.1. The molecule has 0 heterocycles. The zero-order valence-electron chi connectivity index (χ0n) is 12.1. The van der Waals surface area contributed by atoms with Crippen molar-refractivity contribution in [3.05, 3.63) is 23.8 Å². The number of methoxy groups -OCH3 is 1. The number of hydrogen-bond donors (Lipinski definition) is 1. The van der Waals surface area contributed by atoms with Crippen molar-refractivity contribution in [3.63, 3.8) is 0 Å². The van der Waals surface area contributed by atoms with E-state index in [1.54, 1.807) is 7.11 Å². The number of hydrogen-bond acceptors (Lipinski definition) is 3. The maximum Gasteiger partial charge on any atom is 0.127 e. The second-order valence-corrected chi connectivity index (χ2v) is 5.21. The van der Waals surface area contributed by atoms with Crippen molar-refractivity contribution in [2.24, 2.45) is 5.92 Å². The normalized spacial score (nSPS) is 11.1. The fourth-order valence-electron chi connectivity index (χ4n) is 1.51. The molecule has 0 aliphatic rings. The van der Waals surface area contributed by atoms with Crippen LogP contribution in [-0.4, -0.2) is 19.8 Å². The van der Waals surface area contributed by atoms with Crippen molar-refractivity contribution in [1.82, 2.24) is 5.32 Å². The van der Waals surface area contributed by atoms with Gasteiger partial charge in [0.15, 0.2) is 0 Å². The lowest BCUT2D eigenvalue weighted by molar-refractivity contribution is 0.266. The van der Waals surface area contributed by atoms with Crippen LogP contribution in [0.2, 0.25) is 0 Å². The number of benzene rings is 1. The highest BCUT2D eigenvalue weighted by molar-refractivity contribution is 5.40. The molecular formula is C15H25NO2. The van der Waals surface area contributed by atoms with E-state index in [0.717, 1.165) is 24.7 Å². The molecule has 0 saturated heterocycles. The van der Waals surface area contributed by atoms with Gasteiger partial charge >= 0.3 is 0 Å². The first-order valence-corrected chi connectivity index (χ1v) is 6.56. The van der Waals surface area contributed by atoms with E-state index in [2.05, 4.69) is 39.1 Å². The van der Waals surface area contributed by atoms with E-state index in [0.29, 0.717) is 12.0 Å². The molecule has 0 atom stereocenters. The van der Waals surface area contributed by atoms with Crippen molar-refractivity contribution in [1.29, 1.82) is 0 Å². The summed E-state index contributed by atoms with van der Waals surface area (Å²) in [6.45, 7) is 10.1. The van der Waals surface area contributed by atoms with Gasteiger partial charge in [-0.1, -0.05) is 33.8 Å². The smallest absolute Gasteiger partial charge is 0.127 e. The summed E-state index contributed by atoms with van der Waals surface area (Å²) in [6.07, 6.45) is 0. The van der Waals surface area contributed by atoms with Gasteiger partial charge < -0.3 is 14.8 Å². The number of nitrogens with one attached hydrogen (secondary N) is 1. The van der Waals surface area contributed by atoms with Crippen LogP contribution >= 0.6 is 0 Å². The fraction of sp³-hybridized carbons (Fsp3) is 0.600. The van der Waals surface area contributed by atoms with E-state index in [-0.39, 0.29) is 0 Å². The molecule has 1 aromatic carbocycles. The summed E-state index contributed by atoms with van der Waals surface area (Å²) in [5.74, 6) is 2.26. The molecule has 0 aromatic heterocycles. The molecule has 1 N–H and O–H groups in total. The third kappa shape index (κ3) is 4.96. The predicted molar refractivity (Wildman–Crippen MR) is 75.3 cm³/mol. The zero-order chi connectivity index (χ0) is 13.5. The molecule has 0 aliphatic heterocycles. The van der Waals surface area contributed by atoms with Gasteiger partial charge in [-0.05, 0) is 12.0 Å². The summed E-state index contributed by atoms with van der Waals surface area (Å²) in [7, 11) is 1.67. The summed E-state index contributed by atoms with van der Waals surface area (Å²) in [6, 6.07) is 6.45. The van der Waals surface area contributed by atoms with Gasteiger partial charge in [0, 0.05) is 24.2 Å². The number of ether oxygens (including phenoxy) is 2. The van der Waals surface area contributed by atoms with Crippen molar-refractivity contribution in [2.75, 3.05) is 13.7 Å². The molecule has 3 heteroatoms. The predicted octanol–water partition coefficient (Wildman–Crippen LogP) is 3.23. The summed E-state index contributed by atoms with van der Waals surface area (Å²) < 4.78 is 11.1. The standard InChI is InChI=1S/C15H25NO2/c1-11(2)10-18-15-8-14(17-5)7-6-13(15)9-16-12(3)4/h6-8,11-12,16H,9-10H2,1-5H3. The molecule has 0 aliphatic carbocycles. The van der Waals surface area contributed by atoms with Crippen molar-refractivity contribution < 1.29 is 9.47 Å². The zero-order valence-corrected chi connectivity index (χ0v) is 12.1. The van der Waals surface area contributed by atoms with Gasteiger partial charge in [0.25, 0.3) is 0 Å². The molecular weight excluding hydrogens is 226 g/mol. The van der Waals surface area contributed by atoms with Gasteiger partial charge in [-0.15, -0.1) is 0 Å². The van der Waals surface area contributed by atoms with Crippen LogP contribution in [0.1, 0.15) is 33.3 Å². The van der Waals surface area contributed by atoms with Crippen LogP contribution in [0.15, 0.2) is 18.2 Å². The maximum absolute atomic E-state index is 5.85. The Morgan fingerprint density at radius 2 is 1.89 bits per heavy atom. The lowest BCUT2D eigenvalue weighted by Crippen LogP contribution is -2.22. The van der Waals surface area contributed by atoms with Gasteiger partial charge in [0.05, 0.1) is 13.7 Å². The van der Waals surface area contributed by atoms with E-state index >= 15 is 0 Å². The third-order valence-electron chi connectivity index (χ3n) is 2.55. The van der Waals surface area contributed by atoms with Crippen LogP contribution in [0.3, 0.4) is 0 Å². The molecule has 0 spiro atoms. The first-order valence-electron chi connectivity index (χ1n) is 6.56. The minimum absolute atomic E-state index is 0.463. The fourth-order valence-corrected chi connectivity index (χ4v) is 1.51. The summed E-state index contributed by atoms with van der Waals surface area (Å²) >= 11 is 0. The molecule has 0 radical (unpaired) electrons. The Hall–Kier alpha value is -1.22. The van der Waals surface area contributed by atoms with Gasteiger partial charge in [0.2, 0.25) is 0 Å². The number of rotatable bonds is 7. The average Bonchev–Trinajstić information content (AvgIpc) is 2.34. The Morgan fingerprint density at radius 3 is 2.44 bits per heavy atom. The van der Waals surface area contributed by atoms with Crippen LogP contribution in [0.25, 0.3) is 0 Å². The molecule has 0 saturated carbocycles. The molecule has 3 nitrogen and oxygen atoms in total. The van der Waals surface area contributed by atoms with E-state index in [1.807, 2.05) is 12.1 Å². The van der Waals surface area contributed by atoms with Gasteiger partial charge in [-0.25, -0.2) is 0 Å². The second kappa shape index (κ2) is 7.27. The van der Waals surface area contributed by atoms with Crippen LogP contribution < -0.4 is 14.8 Å². The Morgan fingerprint density at radius 1 is 1.17 bits per heavy atom. The molecule has 0 amide bonds. The first-order chi connectivity index (χ1) is 8.52. The molecule has 1 aromatic rings. The maximum atomic E-state index is 5.85. The topological polar surface area (TPSA) is 30.5 Å². The second-order valence-electron chi connectivity index (χ2n) is 5.21. The Bertz CT molecular complexity index is 362. The molecule has 0 bridgehead atoms. The molecule has 0 unspecified atom stereocenters. The van der Waals surface area contributed by atoms with Gasteiger partial charge in [-0.3, -0.25) is 0 Å². The van der Waals surface area contributed by atoms with Crippen molar-refractivity contribution in [2.45, 2.75) is 40.3 Å². The van der Waals surface area contributed by atoms with E-state index < -0.39 is 0 Å². The van der Waals surface area contributed by atoms with Crippen LogP contribution in [0.5, 0.6) is 11.5 Å². The highest BCUT2D eigenvalue weighted by Gasteiger charge is 2.07. The minimum Gasteiger partial charge on any atom is -0.497 e. The quantitative estimate of drug-likeness (QED) is 0.807. The van der Waals surface area contributed by atoms with Gasteiger partial charge in [0.1, 0.15) is 11.5 Å². The first kappa shape index (κ1) is 14.8. The monoisotopic (exact) mass is 251 g/mol. The molecule has 0 fully saturated rings. The van der Waals surface area contributed by atoms with E-state index in [9.17, 15) is 0 Å². The van der Waals surface area contributed by atoms with E-state index in [1.165, 1.54) is 5.56 Å². The van der Waals surface area contributed by atoms with Crippen LogP contribution in [-0.2, 0) is 6.54 Å². The Balaban J connectivity index is 2.79. The lowest BCUT2D eigenvalue weighted by Gasteiger charge is -2.16. The average molecular weight is 251 g/mol. The molecule has 18 heavy (non-hydrogen) atoms. The summed E-state index contributed by atoms with van der Waals surface area (Å²) in [5, 5.41) is 3.41. The Kier molecular flexibility index (Phi) is 5.99. The highest BCUT2D eigenvalue weighted by atomic mass is 16.5. The summed E-state index contributed by atoms with van der Waals surface area (Å²) in [5.41, 5.74) is 1.17. The Labute approximate surface area is 110 Å². The van der Waals surface area contributed by atoms with Gasteiger partial charge in [-0.2, -0.15) is 0 Å². The minimum atomic E-state index is 0.463. The van der Waals surface area contributed by atoms with Crippen LogP contribution in [0, 0.1) is 5.92 Å². The largest absolute Gasteiger partial charge is 0.497 e. The highest BCUT2D eigenvalue weighted by Crippen LogP contribution is 2.25. The van der Waals surface area contributed by atoms with E-state index in [4.69, 9.17) is 9.47 Å². The molecule has 1 rings (SSSR count).